The van der Waals surface area contributed by atoms with Crippen molar-refractivity contribution < 1.29 is 9.72 Å². The van der Waals surface area contributed by atoms with Crippen LogP contribution in [0.2, 0.25) is 0 Å². The van der Waals surface area contributed by atoms with Crippen LogP contribution in [0.4, 0.5) is 5.69 Å². The van der Waals surface area contributed by atoms with Crippen molar-refractivity contribution in [2.75, 3.05) is 13.1 Å². The number of hydrogen-bond donors (Lipinski definition) is 2. The standard InChI is InChI=1S/C13H15N3O3.ClH/c1-7-2-3-8(16(18)19)4-9(7)13(17)15-12-10-5-14-6-11(10)12;/h2-4,10-12,14H,5-6H2,1H3,(H,15,17);1H. The molecule has 20 heavy (non-hydrogen) atoms. The van der Waals surface area contributed by atoms with Crippen LogP contribution in [0.15, 0.2) is 18.2 Å². The Morgan fingerprint density at radius 1 is 1.40 bits per heavy atom. The largest absolute Gasteiger partial charge is 0.349 e. The number of nitro groups is 1. The number of non-ortho nitro benzene ring substituents is 1. The summed E-state index contributed by atoms with van der Waals surface area (Å²) < 4.78 is 0. The maximum atomic E-state index is 12.2. The summed E-state index contributed by atoms with van der Waals surface area (Å²) >= 11 is 0. The van der Waals surface area contributed by atoms with Crippen molar-refractivity contribution in [2.45, 2.75) is 13.0 Å². The van der Waals surface area contributed by atoms with Gasteiger partial charge in [0.15, 0.2) is 0 Å². The predicted molar refractivity (Wildman–Crippen MR) is 76.2 cm³/mol. The first-order chi connectivity index (χ1) is 9.08. The van der Waals surface area contributed by atoms with Crippen LogP contribution in [-0.2, 0) is 0 Å². The monoisotopic (exact) mass is 297 g/mol. The average molecular weight is 298 g/mol. The lowest BCUT2D eigenvalue weighted by atomic mass is 10.1. The number of piperidine rings is 1. The number of nitrogens with zero attached hydrogens (tertiary/aromatic N) is 1. The van der Waals surface area contributed by atoms with Crippen molar-refractivity contribution in [1.82, 2.24) is 10.6 Å². The third-order valence-electron chi connectivity index (χ3n) is 4.07. The first-order valence-electron chi connectivity index (χ1n) is 6.34. The molecule has 2 unspecified atom stereocenters. The molecule has 2 aliphatic rings. The van der Waals surface area contributed by atoms with Crippen molar-refractivity contribution in [1.29, 1.82) is 0 Å². The van der Waals surface area contributed by atoms with E-state index in [0.717, 1.165) is 18.7 Å². The molecule has 6 nitrogen and oxygen atoms in total. The third-order valence-corrected chi connectivity index (χ3v) is 4.07. The summed E-state index contributed by atoms with van der Waals surface area (Å²) in [5.41, 5.74) is 1.10. The van der Waals surface area contributed by atoms with E-state index in [0.29, 0.717) is 17.4 Å². The summed E-state index contributed by atoms with van der Waals surface area (Å²) in [4.78, 5) is 22.4. The van der Waals surface area contributed by atoms with Gasteiger partial charge in [0.05, 0.1) is 4.92 Å². The maximum Gasteiger partial charge on any atom is 0.270 e. The van der Waals surface area contributed by atoms with Crippen molar-refractivity contribution in [2.24, 2.45) is 11.8 Å². The van der Waals surface area contributed by atoms with Gasteiger partial charge in [-0.3, -0.25) is 14.9 Å². The number of aryl methyl sites for hydroxylation is 1. The molecule has 1 aliphatic heterocycles. The number of halogens is 1. The van der Waals surface area contributed by atoms with Gasteiger partial charge in [-0.1, -0.05) is 6.07 Å². The van der Waals surface area contributed by atoms with Crippen LogP contribution >= 0.6 is 12.4 Å². The molecule has 1 aliphatic carbocycles. The number of hydrogen-bond acceptors (Lipinski definition) is 4. The van der Waals surface area contributed by atoms with E-state index in [2.05, 4.69) is 10.6 Å². The highest BCUT2D eigenvalue weighted by Gasteiger charge is 2.53. The molecule has 2 fully saturated rings. The fourth-order valence-corrected chi connectivity index (χ4v) is 2.83. The molecular formula is C13H16ClN3O3. The van der Waals surface area contributed by atoms with E-state index < -0.39 is 4.92 Å². The molecule has 1 aromatic carbocycles. The van der Waals surface area contributed by atoms with E-state index in [1.807, 2.05) is 0 Å². The predicted octanol–water partition coefficient (Wildman–Crippen LogP) is 1.27. The van der Waals surface area contributed by atoms with Gasteiger partial charge in [-0.2, -0.15) is 0 Å². The van der Waals surface area contributed by atoms with E-state index in [9.17, 15) is 14.9 Å². The van der Waals surface area contributed by atoms with Gasteiger partial charge >= 0.3 is 0 Å². The first-order valence-corrected chi connectivity index (χ1v) is 6.34. The van der Waals surface area contributed by atoms with Crippen LogP contribution in [0, 0.1) is 28.9 Å². The van der Waals surface area contributed by atoms with Gasteiger partial charge in [0, 0.05) is 36.8 Å². The van der Waals surface area contributed by atoms with Crippen LogP contribution in [0.5, 0.6) is 0 Å². The molecule has 3 rings (SSSR count). The van der Waals surface area contributed by atoms with Crippen LogP contribution in [-0.4, -0.2) is 30.0 Å². The number of nitro benzene ring substituents is 1. The molecule has 1 heterocycles. The lowest BCUT2D eigenvalue weighted by molar-refractivity contribution is -0.384. The third kappa shape index (κ3) is 2.48. The van der Waals surface area contributed by atoms with Gasteiger partial charge in [-0.25, -0.2) is 0 Å². The Labute approximate surface area is 122 Å². The Balaban J connectivity index is 0.00000147. The Bertz CT molecular complexity index is 554. The highest BCUT2D eigenvalue weighted by molar-refractivity contribution is 5.96. The Kier molecular flexibility index (Phi) is 3.96. The van der Waals surface area contributed by atoms with Gasteiger partial charge in [-0.05, 0) is 24.3 Å². The maximum absolute atomic E-state index is 12.2. The van der Waals surface area contributed by atoms with Crippen LogP contribution < -0.4 is 10.6 Å². The normalized spacial score (nSPS) is 26.4. The minimum absolute atomic E-state index is 0. The van der Waals surface area contributed by atoms with Crippen molar-refractivity contribution in [3.05, 3.63) is 39.4 Å². The fraction of sp³-hybridized carbons (Fsp3) is 0.462. The Hall–Kier alpha value is -1.66. The minimum atomic E-state index is -0.480. The molecule has 0 bridgehead atoms. The quantitative estimate of drug-likeness (QED) is 0.650. The Morgan fingerprint density at radius 2 is 2.05 bits per heavy atom. The second kappa shape index (κ2) is 5.38. The average Bonchev–Trinajstić information content (AvgIpc) is 2.83. The minimum Gasteiger partial charge on any atom is -0.349 e. The molecule has 2 atom stereocenters. The number of benzene rings is 1. The molecule has 0 aromatic heterocycles. The summed E-state index contributed by atoms with van der Waals surface area (Å²) in [6.07, 6.45) is 0. The van der Waals surface area contributed by atoms with E-state index in [-0.39, 0.29) is 30.0 Å². The highest BCUT2D eigenvalue weighted by Crippen LogP contribution is 2.41. The smallest absolute Gasteiger partial charge is 0.270 e. The zero-order valence-electron chi connectivity index (χ0n) is 11.0. The molecule has 1 amide bonds. The van der Waals surface area contributed by atoms with Crippen molar-refractivity contribution >= 4 is 24.0 Å². The van der Waals surface area contributed by atoms with E-state index in [4.69, 9.17) is 0 Å². The van der Waals surface area contributed by atoms with Crippen molar-refractivity contribution in [3.8, 4) is 0 Å². The molecule has 1 aromatic rings. The zero-order valence-corrected chi connectivity index (χ0v) is 11.8. The van der Waals surface area contributed by atoms with Crippen LogP contribution in [0.25, 0.3) is 0 Å². The first kappa shape index (κ1) is 14.7. The van der Waals surface area contributed by atoms with E-state index in [1.54, 1.807) is 13.0 Å². The van der Waals surface area contributed by atoms with Crippen LogP contribution in [0.3, 0.4) is 0 Å². The van der Waals surface area contributed by atoms with E-state index in [1.165, 1.54) is 12.1 Å². The lowest BCUT2D eigenvalue weighted by Gasteiger charge is -2.09. The molecule has 1 saturated heterocycles. The summed E-state index contributed by atoms with van der Waals surface area (Å²) in [5, 5.41) is 17.0. The van der Waals surface area contributed by atoms with Gasteiger partial charge in [-0.15, -0.1) is 12.4 Å². The second-order valence-corrected chi connectivity index (χ2v) is 5.24. The van der Waals surface area contributed by atoms with Gasteiger partial charge in [0.25, 0.3) is 11.6 Å². The number of fused-ring (bicyclic) bond motifs is 1. The summed E-state index contributed by atoms with van der Waals surface area (Å²) in [5.74, 6) is 0.853. The second-order valence-electron chi connectivity index (χ2n) is 5.24. The molecule has 0 spiro atoms. The molecule has 108 valence electrons. The molecule has 0 radical (unpaired) electrons. The number of carbonyl (C=O) groups excluding carboxylic acids is 1. The molecular weight excluding hydrogens is 282 g/mol. The lowest BCUT2D eigenvalue weighted by Crippen LogP contribution is -2.32. The number of amides is 1. The molecule has 7 heteroatoms. The van der Waals surface area contributed by atoms with Crippen LogP contribution in [0.1, 0.15) is 15.9 Å². The number of nitrogens with one attached hydrogen (secondary N) is 2. The summed E-state index contributed by atoms with van der Waals surface area (Å²) in [7, 11) is 0. The SMILES string of the molecule is Cc1ccc([N+](=O)[O-])cc1C(=O)NC1C2CNCC21.Cl. The summed E-state index contributed by atoms with van der Waals surface area (Å²) in [6, 6.07) is 4.61. The highest BCUT2D eigenvalue weighted by atomic mass is 35.5. The van der Waals surface area contributed by atoms with Gasteiger partial charge in [0.2, 0.25) is 0 Å². The topological polar surface area (TPSA) is 84.3 Å². The molecule has 2 N–H and O–H groups in total. The fourth-order valence-electron chi connectivity index (χ4n) is 2.83. The zero-order chi connectivity index (χ0) is 13.6. The number of carbonyl (C=O) groups is 1. The molecule has 1 saturated carbocycles. The Morgan fingerprint density at radius 3 is 2.65 bits per heavy atom. The summed E-state index contributed by atoms with van der Waals surface area (Å²) in [6.45, 7) is 3.68. The van der Waals surface area contributed by atoms with Gasteiger partial charge in [0.1, 0.15) is 0 Å². The van der Waals surface area contributed by atoms with Gasteiger partial charge < -0.3 is 10.6 Å². The van der Waals surface area contributed by atoms with Crippen molar-refractivity contribution in [3.63, 3.8) is 0 Å². The van der Waals surface area contributed by atoms with E-state index >= 15 is 0 Å². The number of rotatable bonds is 3.